The van der Waals surface area contributed by atoms with Crippen molar-refractivity contribution in [2.75, 3.05) is 10.6 Å². The molecule has 1 aromatic carbocycles. The lowest BCUT2D eigenvalue weighted by Gasteiger charge is -2.41. The normalized spacial score (nSPS) is 20.3. The quantitative estimate of drug-likeness (QED) is 0.724. The van der Waals surface area contributed by atoms with Crippen LogP contribution in [0.4, 0.5) is 11.4 Å². The molecule has 5 nitrogen and oxygen atoms in total. The third-order valence-corrected chi connectivity index (χ3v) is 4.03. The molecule has 5 heteroatoms. The molecule has 0 unspecified atom stereocenters. The highest BCUT2D eigenvalue weighted by Gasteiger charge is 2.42. The molecule has 1 aliphatic heterocycles. The van der Waals surface area contributed by atoms with Gasteiger partial charge in [-0.15, -0.1) is 0 Å². The first-order chi connectivity index (χ1) is 9.11. The molecule has 0 bridgehead atoms. The Bertz CT molecular complexity index is 548. The van der Waals surface area contributed by atoms with Gasteiger partial charge in [0.15, 0.2) is 0 Å². The van der Waals surface area contributed by atoms with Gasteiger partial charge in [0.2, 0.25) is 5.91 Å². The van der Waals surface area contributed by atoms with Crippen molar-refractivity contribution in [3.63, 3.8) is 0 Å². The summed E-state index contributed by atoms with van der Waals surface area (Å²) in [4.78, 5) is 23.3. The van der Waals surface area contributed by atoms with Crippen LogP contribution in [0.25, 0.3) is 0 Å². The summed E-state index contributed by atoms with van der Waals surface area (Å²) < 4.78 is 0. The van der Waals surface area contributed by atoms with Gasteiger partial charge in [-0.1, -0.05) is 19.3 Å². The van der Waals surface area contributed by atoms with Crippen LogP contribution < -0.4 is 10.6 Å². The first kappa shape index (κ1) is 12.0. The van der Waals surface area contributed by atoms with Gasteiger partial charge in [-0.3, -0.25) is 4.79 Å². The molecule has 0 saturated heterocycles. The Morgan fingerprint density at radius 1 is 1.16 bits per heavy atom. The first-order valence-electron chi connectivity index (χ1n) is 6.58. The number of benzene rings is 1. The van der Waals surface area contributed by atoms with Crippen molar-refractivity contribution in [2.24, 2.45) is 0 Å². The van der Waals surface area contributed by atoms with E-state index in [0.717, 1.165) is 32.1 Å². The molecule has 0 radical (unpaired) electrons. The van der Waals surface area contributed by atoms with E-state index in [-0.39, 0.29) is 11.5 Å². The zero-order chi connectivity index (χ0) is 13.5. The lowest BCUT2D eigenvalue weighted by Crippen LogP contribution is -2.53. The second-order valence-electron chi connectivity index (χ2n) is 5.29. The number of hydrogen-bond acceptors (Lipinski definition) is 3. The molecule has 2 aliphatic rings. The Hall–Kier alpha value is -2.04. The van der Waals surface area contributed by atoms with E-state index in [0.29, 0.717) is 11.4 Å². The second-order valence-corrected chi connectivity index (χ2v) is 5.29. The fourth-order valence-electron chi connectivity index (χ4n) is 2.95. The van der Waals surface area contributed by atoms with Crippen molar-refractivity contribution in [2.45, 2.75) is 37.6 Å². The number of aromatic carboxylic acids is 1. The van der Waals surface area contributed by atoms with Crippen LogP contribution in [0.2, 0.25) is 0 Å². The number of hydrogen-bond donors (Lipinski definition) is 3. The molecular weight excluding hydrogens is 244 g/mol. The van der Waals surface area contributed by atoms with Gasteiger partial charge in [0.25, 0.3) is 0 Å². The molecule has 1 aromatic rings. The number of carboxylic acids is 1. The highest BCUT2D eigenvalue weighted by atomic mass is 16.4. The Morgan fingerprint density at radius 2 is 1.89 bits per heavy atom. The number of fused-ring (bicyclic) bond motifs is 1. The third kappa shape index (κ3) is 1.95. The van der Waals surface area contributed by atoms with Crippen LogP contribution in [0.15, 0.2) is 18.2 Å². The number of carbonyl (C=O) groups is 2. The van der Waals surface area contributed by atoms with Crippen molar-refractivity contribution in [1.29, 1.82) is 0 Å². The van der Waals surface area contributed by atoms with Crippen molar-refractivity contribution in [3.8, 4) is 0 Å². The maximum atomic E-state index is 12.3. The number of carbonyl (C=O) groups excluding carboxylic acids is 1. The third-order valence-electron chi connectivity index (χ3n) is 4.03. The van der Waals surface area contributed by atoms with Gasteiger partial charge >= 0.3 is 5.97 Å². The topological polar surface area (TPSA) is 78.4 Å². The Balaban J connectivity index is 1.98. The van der Waals surface area contributed by atoms with E-state index < -0.39 is 11.5 Å². The summed E-state index contributed by atoms with van der Waals surface area (Å²) in [5, 5.41) is 15.2. The molecule has 0 aromatic heterocycles. The summed E-state index contributed by atoms with van der Waals surface area (Å²) in [6.45, 7) is 0. The molecule has 100 valence electrons. The molecule has 3 N–H and O–H groups in total. The highest BCUT2D eigenvalue weighted by Crippen LogP contribution is 2.39. The molecule has 1 aliphatic carbocycles. The van der Waals surface area contributed by atoms with E-state index in [1.807, 2.05) is 0 Å². The first-order valence-corrected chi connectivity index (χ1v) is 6.58. The molecule has 0 atom stereocenters. The van der Waals surface area contributed by atoms with E-state index in [9.17, 15) is 9.59 Å². The van der Waals surface area contributed by atoms with Crippen LogP contribution in [-0.4, -0.2) is 22.5 Å². The number of rotatable bonds is 1. The Labute approximate surface area is 111 Å². The second kappa shape index (κ2) is 4.26. The van der Waals surface area contributed by atoms with E-state index in [1.54, 1.807) is 12.1 Å². The molecule has 3 rings (SSSR count). The maximum Gasteiger partial charge on any atom is 0.335 e. The lowest BCUT2D eigenvalue weighted by molar-refractivity contribution is -0.121. The average molecular weight is 260 g/mol. The highest BCUT2D eigenvalue weighted by molar-refractivity contribution is 6.07. The smallest absolute Gasteiger partial charge is 0.335 e. The van der Waals surface area contributed by atoms with Gasteiger partial charge in [-0.05, 0) is 31.0 Å². The van der Waals surface area contributed by atoms with Crippen molar-refractivity contribution >= 4 is 23.3 Å². The van der Waals surface area contributed by atoms with Crippen LogP contribution in [0.1, 0.15) is 42.5 Å². The minimum Gasteiger partial charge on any atom is -0.478 e. The summed E-state index contributed by atoms with van der Waals surface area (Å²) >= 11 is 0. The molecule has 1 spiro atoms. The number of amides is 1. The number of carboxylic acid groups (broad SMARTS) is 1. The summed E-state index contributed by atoms with van der Waals surface area (Å²) in [5.74, 6) is -0.957. The summed E-state index contributed by atoms with van der Waals surface area (Å²) in [5.41, 5.74) is 1.04. The van der Waals surface area contributed by atoms with Gasteiger partial charge in [0, 0.05) is 0 Å². The number of anilines is 2. The predicted molar refractivity (Wildman–Crippen MR) is 71.5 cm³/mol. The van der Waals surface area contributed by atoms with Crippen LogP contribution in [0.3, 0.4) is 0 Å². The van der Waals surface area contributed by atoms with Gasteiger partial charge in [0.05, 0.1) is 16.9 Å². The van der Waals surface area contributed by atoms with Gasteiger partial charge in [-0.2, -0.15) is 0 Å². The Kier molecular flexibility index (Phi) is 2.69. The maximum absolute atomic E-state index is 12.3. The van der Waals surface area contributed by atoms with E-state index in [4.69, 9.17) is 5.11 Å². The predicted octanol–water partition coefficient (Wildman–Crippen LogP) is 2.45. The van der Waals surface area contributed by atoms with Gasteiger partial charge < -0.3 is 15.7 Å². The fourth-order valence-corrected chi connectivity index (χ4v) is 2.95. The summed E-state index contributed by atoms with van der Waals surface area (Å²) in [7, 11) is 0. The van der Waals surface area contributed by atoms with Gasteiger partial charge in [-0.25, -0.2) is 4.79 Å². The molecule has 19 heavy (non-hydrogen) atoms. The standard InChI is InChI=1S/C14H16N2O3/c17-12(18)9-4-5-10-11(8-9)16-14(13(19)15-10)6-2-1-3-7-14/h4-5,8,16H,1-3,6-7H2,(H,15,19)(H,17,18). The summed E-state index contributed by atoms with van der Waals surface area (Å²) in [6, 6.07) is 4.73. The molecule has 1 saturated carbocycles. The fraction of sp³-hybridized carbons (Fsp3) is 0.429. The molecule has 1 fully saturated rings. The Morgan fingerprint density at radius 3 is 2.58 bits per heavy atom. The molecule has 1 amide bonds. The minimum atomic E-state index is -0.959. The van der Waals surface area contributed by atoms with Crippen LogP contribution in [-0.2, 0) is 4.79 Å². The van der Waals surface area contributed by atoms with E-state index in [1.165, 1.54) is 6.07 Å². The SMILES string of the molecule is O=C(O)c1ccc2c(c1)NC1(CCCCC1)C(=O)N2. The monoisotopic (exact) mass is 260 g/mol. The zero-order valence-corrected chi connectivity index (χ0v) is 10.5. The average Bonchev–Trinajstić information content (AvgIpc) is 2.40. The van der Waals surface area contributed by atoms with Crippen LogP contribution >= 0.6 is 0 Å². The lowest BCUT2D eigenvalue weighted by atomic mass is 9.79. The van der Waals surface area contributed by atoms with Crippen molar-refractivity contribution < 1.29 is 14.7 Å². The zero-order valence-electron chi connectivity index (χ0n) is 10.5. The van der Waals surface area contributed by atoms with E-state index >= 15 is 0 Å². The van der Waals surface area contributed by atoms with Crippen LogP contribution in [0, 0.1) is 0 Å². The van der Waals surface area contributed by atoms with Crippen molar-refractivity contribution in [1.82, 2.24) is 0 Å². The summed E-state index contributed by atoms with van der Waals surface area (Å²) in [6.07, 6.45) is 4.80. The van der Waals surface area contributed by atoms with Gasteiger partial charge in [0.1, 0.15) is 5.54 Å². The van der Waals surface area contributed by atoms with Crippen molar-refractivity contribution in [3.05, 3.63) is 23.8 Å². The number of nitrogens with one attached hydrogen (secondary N) is 2. The largest absolute Gasteiger partial charge is 0.478 e. The molecule has 1 heterocycles. The van der Waals surface area contributed by atoms with E-state index in [2.05, 4.69) is 10.6 Å². The van der Waals surface area contributed by atoms with Crippen LogP contribution in [0.5, 0.6) is 0 Å². The minimum absolute atomic E-state index is 0.00257. The molecular formula is C14H16N2O3.